The minimum atomic E-state index is -0.525. The van der Waals surface area contributed by atoms with Crippen LogP contribution < -0.4 is 16.1 Å². The van der Waals surface area contributed by atoms with Gasteiger partial charge in [-0.25, -0.2) is 9.18 Å². The summed E-state index contributed by atoms with van der Waals surface area (Å²) in [6.45, 7) is 12.5. The average molecular weight is 519 g/mol. The molecule has 38 heavy (non-hydrogen) atoms. The lowest BCUT2D eigenvalue weighted by atomic mass is 9.87. The molecule has 4 aromatic rings. The Labute approximate surface area is 221 Å². The molecule has 1 saturated heterocycles. The molecule has 0 bridgehead atoms. The van der Waals surface area contributed by atoms with Crippen molar-refractivity contribution in [3.8, 4) is 0 Å². The van der Waals surface area contributed by atoms with Crippen LogP contribution in [0.5, 0.6) is 0 Å². The Hall–Kier alpha value is -3.72. The zero-order valence-electron chi connectivity index (χ0n) is 22.7. The van der Waals surface area contributed by atoms with Crippen LogP contribution in [0.1, 0.15) is 43.0 Å². The van der Waals surface area contributed by atoms with Gasteiger partial charge in [-0.15, -0.1) is 0 Å². The summed E-state index contributed by atoms with van der Waals surface area (Å²) in [5.74, 6) is 0.238. The number of nitrogens with one attached hydrogen (secondary N) is 1. The number of nitrogens with zero attached hydrogens (tertiary/aromatic N) is 5. The molecule has 3 heterocycles. The van der Waals surface area contributed by atoms with Crippen molar-refractivity contribution < 1.29 is 4.39 Å². The highest BCUT2D eigenvalue weighted by atomic mass is 19.1. The van der Waals surface area contributed by atoms with Crippen molar-refractivity contribution in [3.63, 3.8) is 0 Å². The summed E-state index contributed by atoms with van der Waals surface area (Å²) in [6, 6.07) is 13.9. The number of aromatic amines is 1. The first kappa shape index (κ1) is 25.9. The van der Waals surface area contributed by atoms with E-state index >= 15 is 0 Å². The lowest BCUT2D eigenvalue weighted by Crippen LogP contribution is -2.47. The average Bonchev–Trinajstić information content (AvgIpc) is 3.24. The molecule has 0 radical (unpaired) electrons. The maximum atomic E-state index is 14.8. The van der Waals surface area contributed by atoms with Gasteiger partial charge >= 0.3 is 5.69 Å². The number of anilines is 1. The van der Waals surface area contributed by atoms with Crippen molar-refractivity contribution in [1.29, 1.82) is 0 Å². The molecule has 2 aromatic carbocycles. The van der Waals surface area contributed by atoms with Crippen molar-refractivity contribution in [2.24, 2.45) is 7.05 Å². The maximum Gasteiger partial charge on any atom is 0.329 e. The summed E-state index contributed by atoms with van der Waals surface area (Å²) < 4.78 is 17.9. The highest BCUT2D eigenvalue weighted by Gasteiger charge is 2.26. The molecule has 1 fully saturated rings. The summed E-state index contributed by atoms with van der Waals surface area (Å²) in [4.78, 5) is 36.8. The van der Waals surface area contributed by atoms with Crippen LogP contribution >= 0.6 is 0 Å². The molecule has 0 atom stereocenters. The summed E-state index contributed by atoms with van der Waals surface area (Å²) in [5, 5.41) is 0. The highest BCUT2D eigenvalue weighted by Crippen LogP contribution is 2.25. The van der Waals surface area contributed by atoms with Gasteiger partial charge in [0.15, 0.2) is 11.2 Å². The number of piperazine rings is 1. The molecule has 8 nitrogen and oxygen atoms in total. The lowest BCUT2D eigenvalue weighted by Gasteiger charge is -2.35. The van der Waals surface area contributed by atoms with E-state index in [2.05, 4.69) is 59.8 Å². The van der Waals surface area contributed by atoms with Crippen LogP contribution in [0.2, 0.25) is 0 Å². The number of hydrogen-bond acceptors (Lipinski definition) is 5. The zero-order chi connectivity index (χ0) is 27.2. The van der Waals surface area contributed by atoms with Gasteiger partial charge in [0.2, 0.25) is 5.95 Å². The molecule has 1 aliphatic rings. The smallest absolute Gasteiger partial charge is 0.329 e. The molecule has 2 aromatic heterocycles. The number of fused-ring (bicyclic) bond motifs is 1. The standard InChI is InChI=1S/C29H35FN6O2/c1-19-6-9-21(23(30)16-19)18-36-24-25(33(5)28(38)32-26(24)37)31-27(36)35-14-12-34(13-15-35)17-20-7-10-22(11-8-20)29(2,3)4/h6-11,16H,12-15,17-18H2,1-5H3,(H,32,37,38). The Bertz CT molecular complexity index is 1590. The Morgan fingerprint density at radius 2 is 1.66 bits per heavy atom. The van der Waals surface area contributed by atoms with Gasteiger partial charge in [-0.2, -0.15) is 4.98 Å². The van der Waals surface area contributed by atoms with Gasteiger partial charge in [-0.1, -0.05) is 57.2 Å². The molecule has 1 aliphatic heterocycles. The minimum Gasteiger partial charge on any atom is -0.340 e. The Balaban J connectivity index is 1.41. The number of aryl methyl sites for hydroxylation is 2. The van der Waals surface area contributed by atoms with Crippen LogP contribution in [0.25, 0.3) is 11.2 Å². The van der Waals surface area contributed by atoms with Crippen LogP contribution in [0.4, 0.5) is 10.3 Å². The molecule has 0 aliphatic carbocycles. The number of hydrogen-bond donors (Lipinski definition) is 1. The molecular weight excluding hydrogens is 483 g/mol. The van der Waals surface area contributed by atoms with Gasteiger partial charge in [0.25, 0.3) is 5.56 Å². The topological polar surface area (TPSA) is 79.2 Å². The third kappa shape index (κ3) is 5.03. The number of imidazole rings is 1. The van der Waals surface area contributed by atoms with Crippen molar-refractivity contribution >= 4 is 17.1 Å². The zero-order valence-corrected chi connectivity index (χ0v) is 22.7. The van der Waals surface area contributed by atoms with Gasteiger partial charge in [0.05, 0.1) is 6.54 Å². The van der Waals surface area contributed by atoms with E-state index in [-0.39, 0.29) is 23.3 Å². The fraction of sp³-hybridized carbons (Fsp3) is 0.414. The monoisotopic (exact) mass is 518 g/mol. The van der Waals surface area contributed by atoms with Gasteiger partial charge in [-0.3, -0.25) is 23.8 Å². The number of aromatic nitrogens is 4. The molecule has 5 rings (SSSR count). The first-order valence-corrected chi connectivity index (χ1v) is 13.0. The normalized spacial score (nSPS) is 14.9. The van der Waals surface area contributed by atoms with E-state index in [0.717, 1.165) is 25.2 Å². The molecule has 0 amide bonds. The third-order valence-electron chi connectivity index (χ3n) is 7.41. The number of halogens is 1. The molecule has 0 saturated carbocycles. The predicted molar refractivity (Wildman–Crippen MR) is 148 cm³/mol. The summed E-state index contributed by atoms with van der Waals surface area (Å²) in [7, 11) is 1.58. The Kier molecular flexibility index (Phi) is 6.73. The van der Waals surface area contributed by atoms with E-state index < -0.39 is 11.2 Å². The Morgan fingerprint density at radius 3 is 2.29 bits per heavy atom. The van der Waals surface area contributed by atoms with E-state index in [1.807, 2.05) is 13.0 Å². The number of H-pyrrole nitrogens is 1. The van der Waals surface area contributed by atoms with Crippen LogP contribution in [0.3, 0.4) is 0 Å². The molecule has 9 heteroatoms. The van der Waals surface area contributed by atoms with E-state index in [4.69, 9.17) is 4.98 Å². The number of benzene rings is 2. The molecule has 0 spiro atoms. The van der Waals surface area contributed by atoms with Crippen LogP contribution in [-0.2, 0) is 25.6 Å². The van der Waals surface area contributed by atoms with Crippen LogP contribution in [0, 0.1) is 12.7 Å². The van der Waals surface area contributed by atoms with E-state index in [1.54, 1.807) is 17.7 Å². The van der Waals surface area contributed by atoms with Gasteiger partial charge in [0.1, 0.15) is 5.82 Å². The van der Waals surface area contributed by atoms with E-state index in [1.165, 1.54) is 21.8 Å². The molecule has 0 unspecified atom stereocenters. The van der Waals surface area contributed by atoms with Crippen LogP contribution in [-0.4, -0.2) is 50.2 Å². The van der Waals surface area contributed by atoms with E-state index in [9.17, 15) is 14.0 Å². The van der Waals surface area contributed by atoms with Crippen molar-refractivity contribution in [2.45, 2.75) is 46.2 Å². The van der Waals surface area contributed by atoms with Crippen molar-refractivity contribution in [3.05, 3.63) is 91.4 Å². The minimum absolute atomic E-state index is 0.127. The summed E-state index contributed by atoms with van der Waals surface area (Å²) in [5.41, 5.74) is 3.52. The first-order chi connectivity index (χ1) is 18.0. The maximum absolute atomic E-state index is 14.8. The lowest BCUT2D eigenvalue weighted by molar-refractivity contribution is 0.248. The van der Waals surface area contributed by atoms with Crippen LogP contribution in [0.15, 0.2) is 52.1 Å². The molecule has 200 valence electrons. The fourth-order valence-electron chi connectivity index (χ4n) is 5.04. The second kappa shape index (κ2) is 9.87. The van der Waals surface area contributed by atoms with Gasteiger partial charge < -0.3 is 4.90 Å². The first-order valence-electron chi connectivity index (χ1n) is 13.0. The fourth-order valence-corrected chi connectivity index (χ4v) is 5.04. The molecular formula is C29H35FN6O2. The summed E-state index contributed by atoms with van der Waals surface area (Å²) >= 11 is 0. The third-order valence-corrected chi connectivity index (χ3v) is 7.41. The Morgan fingerprint density at radius 1 is 0.974 bits per heavy atom. The second-order valence-corrected chi connectivity index (χ2v) is 11.3. The van der Waals surface area contributed by atoms with Gasteiger partial charge in [0, 0.05) is 45.3 Å². The highest BCUT2D eigenvalue weighted by molar-refractivity contribution is 5.74. The van der Waals surface area contributed by atoms with Gasteiger partial charge in [-0.05, 0) is 35.1 Å². The second-order valence-electron chi connectivity index (χ2n) is 11.3. The number of rotatable bonds is 5. The largest absolute Gasteiger partial charge is 0.340 e. The molecule has 1 N–H and O–H groups in total. The van der Waals surface area contributed by atoms with Crippen molar-refractivity contribution in [1.82, 2.24) is 24.0 Å². The SMILES string of the molecule is Cc1ccc(Cn2c(N3CCN(Cc4ccc(C(C)(C)C)cc4)CC3)nc3c2c(=O)[nH]c(=O)n3C)c(F)c1. The summed E-state index contributed by atoms with van der Waals surface area (Å²) in [6.07, 6.45) is 0. The van der Waals surface area contributed by atoms with E-state index in [0.29, 0.717) is 30.2 Å². The quantitative estimate of drug-likeness (QED) is 0.437. The van der Waals surface area contributed by atoms with Crippen molar-refractivity contribution in [2.75, 3.05) is 31.1 Å². The predicted octanol–water partition coefficient (Wildman–Crippen LogP) is 3.54.